The van der Waals surface area contributed by atoms with Crippen LogP contribution in [0.5, 0.6) is 0 Å². The number of sulfonamides is 1. The summed E-state index contributed by atoms with van der Waals surface area (Å²) in [5.41, 5.74) is 1.06. The fourth-order valence-corrected chi connectivity index (χ4v) is 5.51. The second-order valence-electron chi connectivity index (χ2n) is 6.60. The van der Waals surface area contributed by atoms with Gasteiger partial charge >= 0.3 is 6.09 Å². The molecule has 0 saturated carbocycles. The van der Waals surface area contributed by atoms with Crippen LogP contribution >= 0.6 is 31.9 Å². The van der Waals surface area contributed by atoms with Gasteiger partial charge in [0.15, 0.2) is 6.67 Å². The van der Waals surface area contributed by atoms with Crippen molar-refractivity contribution in [2.45, 2.75) is 6.92 Å². The van der Waals surface area contributed by atoms with Gasteiger partial charge in [-0.05, 0) is 50.4 Å². The average Bonchev–Trinajstić information content (AvgIpc) is 2.89. The van der Waals surface area contributed by atoms with Crippen molar-refractivity contribution >= 4 is 64.7 Å². The van der Waals surface area contributed by atoms with Crippen molar-refractivity contribution in [1.82, 2.24) is 9.91 Å². The fourth-order valence-electron chi connectivity index (χ4n) is 2.90. The number of amidine groups is 1. The van der Waals surface area contributed by atoms with Crippen LogP contribution in [0.2, 0.25) is 0 Å². The molecule has 29 heavy (non-hydrogen) atoms. The molecular weight excluding hydrogens is 534 g/mol. The van der Waals surface area contributed by atoms with Gasteiger partial charge in [0, 0.05) is 8.95 Å². The molecule has 3 rings (SSSR count). The Balaban J connectivity index is 2.12. The maximum atomic E-state index is 13.2. The quantitative estimate of drug-likeness (QED) is 0.567. The SMILES string of the molecule is COC(=O)N1C[N+]2(C)C(=CC(=O)N2C)N=C1S(=O)(=O)Nc1c(Br)ccc(C)c1Br. The predicted molar refractivity (Wildman–Crippen MR) is 113 cm³/mol. The van der Waals surface area contributed by atoms with Gasteiger partial charge in [0.2, 0.25) is 0 Å². The van der Waals surface area contributed by atoms with E-state index in [1.54, 1.807) is 26.1 Å². The van der Waals surface area contributed by atoms with Crippen molar-refractivity contribution in [3.05, 3.63) is 38.5 Å². The first-order chi connectivity index (χ1) is 13.4. The highest BCUT2D eigenvalue weighted by molar-refractivity contribution is 9.11. The number of hydrogen-bond donors (Lipinski definition) is 1. The van der Waals surface area contributed by atoms with Crippen molar-refractivity contribution in [3.8, 4) is 0 Å². The Morgan fingerprint density at radius 1 is 1.34 bits per heavy atom. The van der Waals surface area contributed by atoms with Gasteiger partial charge in [0.25, 0.3) is 26.9 Å². The van der Waals surface area contributed by atoms with Crippen molar-refractivity contribution < 1.29 is 27.3 Å². The first-order valence-corrected chi connectivity index (χ1v) is 11.3. The lowest BCUT2D eigenvalue weighted by Gasteiger charge is -2.40. The summed E-state index contributed by atoms with van der Waals surface area (Å²) in [6.07, 6.45) is 0.325. The van der Waals surface area contributed by atoms with Crippen molar-refractivity contribution in [3.63, 3.8) is 0 Å². The van der Waals surface area contributed by atoms with E-state index in [2.05, 4.69) is 41.6 Å². The van der Waals surface area contributed by atoms with Gasteiger partial charge in [-0.15, -0.1) is 0 Å². The molecule has 0 aromatic heterocycles. The third kappa shape index (κ3) is 3.56. The van der Waals surface area contributed by atoms with E-state index in [4.69, 9.17) is 4.74 Å². The maximum Gasteiger partial charge on any atom is 0.420 e. The molecule has 1 aromatic rings. The number of carbonyl (C=O) groups is 2. The molecule has 13 heteroatoms. The molecule has 0 fully saturated rings. The number of anilines is 1. The highest BCUT2D eigenvalue weighted by atomic mass is 79.9. The first-order valence-electron chi connectivity index (χ1n) is 8.20. The summed E-state index contributed by atoms with van der Waals surface area (Å²) < 4.78 is 34.4. The molecule has 1 aromatic carbocycles. The van der Waals surface area contributed by atoms with E-state index in [-0.39, 0.29) is 28.7 Å². The Morgan fingerprint density at radius 3 is 2.62 bits per heavy atom. The van der Waals surface area contributed by atoms with Gasteiger partial charge in [0.1, 0.15) is 0 Å². The molecule has 0 bridgehead atoms. The van der Waals surface area contributed by atoms with E-state index >= 15 is 0 Å². The molecular formula is C16H18Br2N5O5S+. The van der Waals surface area contributed by atoms with Crippen molar-refractivity contribution in [2.75, 3.05) is 32.6 Å². The monoisotopic (exact) mass is 550 g/mol. The Bertz CT molecular complexity index is 1090. The normalized spacial score (nSPS) is 21.5. The molecule has 0 radical (unpaired) electrons. The highest BCUT2D eigenvalue weighted by Crippen LogP contribution is 2.36. The minimum absolute atomic E-state index is 0.184. The molecule has 1 N–H and O–H groups in total. The van der Waals surface area contributed by atoms with Crippen molar-refractivity contribution in [2.24, 2.45) is 4.99 Å². The molecule has 2 aliphatic rings. The minimum atomic E-state index is -4.32. The molecule has 2 heterocycles. The number of carbonyl (C=O) groups excluding carboxylic acids is 2. The van der Waals surface area contributed by atoms with Gasteiger partial charge in [-0.3, -0.25) is 9.52 Å². The number of nitrogens with zero attached hydrogens (tertiary/aromatic N) is 4. The van der Waals surface area contributed by atoms with E-state index in [1.807, 2.05) is 0 Å². The first kappa shape index (κ1) is 21.7. The van der Waals surface area contributed by atoms with E-state index < -0.39 is 21.3 Å². The van der Waals surface area contributed by atoms with Crippen LogP contribution in [0.15, 0.2) is 38.0 Å². The van der Waals surface area contributed by atoms with Gasteiger partial charge in [-0.1, -0.05) is 6.07 Å². The summed E-state index contributed by atoms with van der Waals surface area (Å²) in [6, 6.07) is 3.50. The number of ether oxygens (including phenoxy) is 1. The van der Waals surface area contributed by atoms with Crippen LogP contribution < -0.4 is 4.72 Å². The van der Waals surface area contributed by atoms with Crippen molar-refractivity contribution in [1.29, 1.82) is 0 Å². The number of aryl methyl sites for hydroxylation is 1. The number of quaternary nitrogens is 1. The molecule has 1 unspecified atom stereocenters. The lowest BCUT2D eigenvalue weighted by Crippen LogP contribution is -2.63. The Hall–Kier alpha value is -1.96. The number of methoxy groups -OCH3 is 1. The third-order valence-electron chi connectivity index (χ3n) is 4.74. The van der Waals surface area contributed by atoms with Gasteiger partial charge in [-0.2, -0.15) is 27.9 Å². The van der Waals surface area contributed by atoms with Gasteiger partial charge in [0.05, 0.1) is 33.0 Å². The zero-order valence-electron chi connectivity index (χ0n) is 15.9. The maximum absolute atomic E-state index is 13.2. The average molecular weight is 552 g/mol. The molecule has 156 valence electrons. The largest absolute Gasteiger partial charge is 0.452 e. The summed E-state index contributed by atoms with van der Waals surface area (Å²) in [5, 5.41) is 0.786. The fraction of sp³-hybridized carbons (Fsp3) is 0.312. The van der Waals surface area contributed by atoms with Crippen LogP contribution in [0, 0.1) is 6.92 Å². The number of fused-ring (bicyclic) bond motifs is 1. The van der Waals surface area contributed by atoms with E-state index in [0.717, 1.165) is 17.6 Å². The molecule has 2 amide bonds. The molecule has 10 nitrogen and oxygen atoms in total. The van der Waals surface area contributed by atoms with E-state index in [0.29, 0.717) is 8.95 Å². The number of aliphatic imine (C=N–C) groups is 1. The lowest BCUT2D eigenvalue weighted by atomic mass is 10.2. The van der Waals surface area contributed by atoms with E-state index in [1.165, 1.54) is 18.1 Å². The second-order valence-corrected chi connectivity index (χ2v) is 9.82. The highest BCUT2D eigenvalue weighted by Gasteiger charge is 2.52. The van der Waals surface area contributed by atoms with Crippen LogP contribution in [0.1, 0.15) is 5.56 Å². The van der Waals surface area contributed by atoms with Crippen LogP contribution in [0.3, 0.4) is 0 Å². The van der Waals surface area contributed by atoms with E-state index in [9.17, 15) is 18.0 Å². The molecule has 2 aliphatic heterocycles. The zero-order chi connectivity index (χ0) is 21.7. The molecule has 1 atom stereocenters. The number of nitrogens with one attached hydrogen (secondary N) is 1. The lowest BCUT2D eigenvalue weighted by molar-refractivity contribution is -0.974. The standard InChI is InChI=1S/C16H18Br2N5O5S/c1-9-5-6-10(17)14(13(9)18)20-29(26,27)15-19-11-7-12(24)21(2)23(11,3)8-22(15)16(25)28-4/h5-7,20H,8H2,1-4H3/q+1. The smallest absolute Gasteiger partial charge is 0.420 e. The van der Waals surface area contributed by atoms with Crippen LogP contribution in [0.25, 0.3) is 0 Å². The molecule has 0 aliphatic carbocycles. The van der Waals surface area contributed by atoms with Crippen LogP contribution in [-0.4, -0.2) is 68.0 Å². The summed E-state index contributed by atoms with van der Waals surface area (Å²) in [5.74, 6) is -0.160. The van der Waals surface area contributed by atoms with Gasteiger partial charge in [-0.25, -0.2) is 4.79 Å². The Labute approximate surface area is 184 Å². The molecule has 0 saturated heterocycles. The van der Waals surface area contributed by atoms with Crippen LogP contribution in [0.4, 0.5) is 10.5 Å². The third-order valence-corrected chi connectivity index (χ3v) is 7.69. The minimum Gasteiger partial charge on any atom is -0.452 e. The van der Waals surface area contributed by atoms with Gasteiger partial charge < -0.3 is 4.74 Å². The number of halogens is 2. The summed E-state index contributed by atoms with van der Waals surface area (Å²) in [6.45, 7) is 1.62. The number of benzene rings is 1. The predicted octanol–water partition coefficient (Wildman–Crippen LogP) is 2.33. The number of likely N-dealkylation sites (N-methyl/N-ethyl adjacent to an activating group) is 1. The summed E-state index contributed by atoms with van der Waals surface area (Å²) in [7, 11) is -0.00468. The van der Waals surface area contributed by atoms with Crippen LogP contribution in [-0.2, 0) is 19.6 Å². The number of amides is 2. The Kier molecular flexibility index (Phi) is 5.53. The Morgan fingerprint density at radius 2 is 2.00 bits per heavy atom. The number of rotatable bonds is 2. The summed E-state index contributed by atoms with van der Waals surface area (Å²) in [4.78, 5) is 29.5. The molecule has 0 spiro atoms. The summed E-state index contributed by atoms with van der Waals surface area (Å²) >= 11 is 6.68. The zero-order valence-corrected chi connectivity index (χ0v) is 19.9. The number of hydrogen-bond acceptors (Lipinski definition) is 6. The topological polar surface area (TPSA) is 108 Å². The second kappa shape index (κ2) is 7.38.